The second kappa shape index (κ2) is 3.22. The molecule has 68 valence electrons. The van der Waals surface area contributed by atoms with Gasteiger partial charge in [-0.1, -0.05) is 0 Å². The fourth-order valence-electron chi connectivity index (χ4n) is 1.21. The van der Waals surface area contributed by atoms with Gasteiger partial charge in [-0.15, -0.1) is 5.10 Å². The summed E-state index contributed by atoms with van der Waals surface area (Å²) in [5.74, 6) is 0.771. The molecule has 2 aromatic rings. The summed E-state index contributed by atoms with van der Waals surface area (Å²) in [6.07, 6.45) is 1.84. The Morgan fingerprint density at radius 3 is 3.23 bits per heavy atom. The van der Waals surface area contributed by atoms with Crippen molar-refractivity contribution in [3.05, 3.63) is 23.6 Å². The average molecular weight is 197 g/mol. The maximum atomic E-state index is 5.73. The predicted octanol–water partition coefficient (Wildman–Crippen LogP) is 1.81. The van der Waals surface area contributed by atoms with E-state index in [0.29, 0.717) is 0 Å². The lowest BCUT2D eigenvalue weighted by molar-refractivity contribution is 0.903. The van der Waals surface area contributed by atoms with Crippen LogP contribution in [0.3, 0.4) is 0 Å². The first-order valence-corrected chi connectivity index (χ1v) is 4.44. The monoisotopic (exact) mass is 196 g/mol. The molecule has 2 heterocycles. The molecule has 0 atom stereocenters. The molecule has 2 aromatic heterocycles. The number of fused-ring (bicyclic) bond motifs is 1. The van der Waals surface area contributed by atoms with E-state index in [0.717, 1.165) is 17.9 Å². The van der Waals surface area contributed by atoms with Gasteiger partial charge in [0, 0.05) is 12.7 Å². The summed E-state index contributed by atoms with van der Waals surface area (Å²) >= 11 is 5.73. The van der Waals surface area contributed by atoms with E-state index in [1.165, 1.54) is 0 Å². The minimum absolute atomic E-state index is 0.250. The largest absolute Gasteiger partial charge is 0.368 e. The van der Waals surface area contributed by atoms with Crippen LogP contribution in [-0.4, -0.2) is 21.1 Å². The molecule has 0 unspecified atom stereocenters. The van der Waals surface area contributed by atoms with Crippen molar-refractivity contribution in [2.24, 2.45) is 0 Å². The van der Waals surface area contributed by atoms with Crippen LogP contribution in [-0.2, 0) is 0 Å². The third-order valence-corrected chi connectivity index (χ3v) is 1.87. The lowest BCUT2D eigenvalue weighted by Gasteiger charge is -2.04. The number of aromatic nitrogens is 3. The molecule has 0 aliphatic rings. The maximum absolute atomic E-state index is 5.73. The first kappa shape index (κ1) is 8.31. The minimum Gasteiger partial charge on any atom is -0.368 e. The lowest BCUT2D eigenvalue weighted by Crippen LogP contribution is -2.04. The molecule has 0 amide bonds. The normalized spacial score (nSPS) is 10.6. The summed E-state index contributed by atoms with van der Waals surface area (Å²) in [6.45, 7) is 2.82. The lowest BCUT2D eigenvalue weighted by atomic mass is 10.5. The molecule has 13 heavy (non-hydrogen) atoms. The molecule has 0 saturated heterocycles. The van der Waals surface area contributed by atoms with Gasteiger partial charge in [-0.2, -0.15) is 4.98 Å². The molecule has 0 aliphatic heterocycles. The van der Waals surface area contributed by atoms with E-state index in [4.69, 9.17) is 11.6 Å². The van der Waals surface area contributed by atoms with E-state index in [1.807, 2.05) is 25.3 Å². The summed E-state index contributed by atoms with van der Waals surface area (Å²) in [6, 6.07) is 3.84. The minimum atomic E-state index is 0.250. The molecular formula is C8H9ClN4. The van der Waals surface area contributed by atoms with Crippen molar-refractivity contribution < 1.29 is 0 Å². The molecule has 0 saturated carbocycles. The molecule has 0 aromatic carbocycles. The quantitative estimate of drug-likeness (QED) is 0.797. The van der Waals surface area contributed by atoms with Crippen molar-refractivity contribution in [2.75, 3.05) is 11.9 Å². The van der Waals surface area contributed by atoms with Gasteiger partial charge in [-0.05, 0) is 30.7 Å². The van der Waals surface area contributed by atoms with Crippen LogP contribution in [0.25, 0.3) is 5.52 Å². The van der Waals surface area contributed by atoms with E-state index < -0.39 is 0 Å². The van der Waals surface area contributed by atoms with Crippen LogP contribution in [0.15, 0.2) is 18.3 Å². The first-order chi connectivity index (χ1) is 6.31. The Morgan fingerprint density at radius 2 is 2.46 bits per heavy atom. The summed E-state index contributed by atoms with van der Waals surface area (Å²) in [4.78, 5) is 4.09. The zero-order chi connectivity index (χ0) is 9.26. The summed E-state index contributed by atoms with van der Waals surface area (Å²) in [7, 11) is 0. The summed E-state index contributed by atoms with van der Waals surface area (Å²) in [5.41, 5.74) is 0.936. The third-order valence-electron chi connectivity index (χ3n) is 1.71. The number of nitrogens with zero attached hydrogens (tertiary/aromatic N) is 3. The molecule has 0 aliphatic carbocycles. The SMILES string of the molecule is CCNc1nc(Cl)nn2cccc12. The van der Waals surface area contributed by atoms with E-state index in [1.54, 1.807) is 4.52 Å². The number of anilines is 1. The second-order valence-electron chi connectivity index (χ2n) is 2.60. The molecule has 5 heteroatoms. The highest BCUT2D eigenvalue weighted by Crippen LogP contribution is 2.15. The number of rotatable bonds is 2. The van der Waals surface area contributed by atoms with Crippen LogP contribution >= 0.6 is 11.6 Å². The Bertz CT molecular complexity index is 423. The molecule has 4 nitrogen and oxygen atoms in total. The highest BCUT2D eigenvalue weighted by molar-refractivity contribution is 6.28. The number of nitrogens with one attached hydrogen (secondary N) is 1. The van der Waals surface area contributed by atoms with Crippen LogP contribution in [0.5, 0.6) is 0 Å². The Balaban J connectivity index is 2.63. The number of halogens is 1. The molecule has 1 N–H and O–H groups in total. The van der Waals surface area contributed by atoms with Gasteiger partial charge in [-0.3, -0.25) is 0 Å². The van der Waals surface area contributed by atoms with Crippen molar-refractivity contribution >= 4 is 22.9 Å². The van der Waals surface area contributed by atoms with Crippen LogP contribution in [0.4, 0.5) is 5.82 Å². The average Bonchev–Trinajstić information content (AvgIpc) is 2.52. The van der Waals surface area contributed by atoms with Gasteiger partial charge in [0.2, 0.25) is 5.28 Å². The zero-order valence-electron chi connectivity index (χ0n) is 7.16. The summed E-state index contributed by atoms with van der Waals surface area (Å²) in [5, 5.41) is 7.38. The van der Waals surface area contributed by atoms with Crippen molar-refractivity contribution in [1.29, 1.82) is 0 Å². The van der Waals surface area contributed by atoms with Crippen LogP contribution in [0, 0.1) is 0 Å². The van der Waals surface area contributed by atoms with Gasteiger partial charge in [0.25, 0.3) is 0 Å². The van der Waals surface area contributed by atoms with Gasteiger partial charge in [0.1, 0.15) is 5.52 Å². The Kier molecular flexibility index (Phi) is 2.06. The van der Waals surface area contributed by atoms with Crippen LogP contribution in [0.2, 0.25) is 5.28 Å². The fraction of sp³-hybridized carbons (Fsp3) is 0.250. The number of hydrogen-bond acceptors (Lipinski definition) is 3. The Hall–Kier alpha value is -1.29. The van der Waals surface area contributed by atoms with Crippen molar-refractivity contribution in [3.63, 3.8) is 0 Å². The third kappa shape index (κ3) is 1.45. The van der Waals surface area contributed by atoms with Gasteiger partial charge >= 0.3 is 0 Å². The predicted molar refractivity (Wildman–Crippen MR) is 52.2 cm³/mol. The molecule has 0 radical (unpaired) electrons. The molecule has 0 spiro atoms. The number of hydrogen-bond donors (Lipinski definition) is 1. The molecule has 0 bridgehead atoms. The van der Waals surface area contributed by atoms with Gasteiger partial charge in [0.05, 0.1) is 0 Å². The van der Waals surface area contributed by atoms with Crippen molar-refractivity contribution in [3.8, 4) is 0 Å². The van der Waals surface area contributed by atoms with Crippen LogP contribution < -0.4 is 5.32 Å². The second-order valence-corrected chi connectivity index (χ2v) is 2.94. The van der Waals surface area contributed by atoms with Crippen molar-refractivity contribution in [1.82, 2.24) is 14.6 Å². The van der Waals surface area contributed by atoms with Gasteiger partial charge < -0.3 is 5.32 Å². The maximum Gasteiger partial charge on any atom is 0.243 e. The van der Waals surface area contributed by atoms with Crippen LogP contribution in [0.1, 0.15) is 6.92 Å². The standard InChI is InChI=1S/C8H9ClN4/c1-2-10-7-6-4-3-5-13(6)12-8(9)11-7/h3-5H,2H2,1H3,(H,10,11,12). The van der Waals surface area contributed by atoms with E-state index in [9.17, 15) is 0 Å². The topological polar surface area (TPSA) is 42.2 Å². The van der Waals surface area contributed by atoms with Gasteiger partial charge in [-0.25, -0.2) is 4.52 Å². The van der Waals surface area contributed by atoms with E-state index in [-0.39, 0.29) is 5.28 Å². The molecule has 0 fully saturated rings. The Morgan fingerprint density at radius 1 is 1.62 bits per heavy atom. The smallest absolute Gasteiger partial charge is 0.243 e. The van der Waals surface area contributed by atoms with E-state index in [2.05, 4.69) is 15.4 Å². The summed E-state index contributed by atoms with van der Waals surface area (Å²) < 4.78 is 1.70. The highest BCUT2D eigenvalue weighted by atomic mass is 35.5. The zero-order valence-corrected chi connectivity index (χ0v) is 7.91. The fourth-order valence-corrected chi connectivity index (χ4v) is 1.37. The molecule has 2 rings (SSSR count). The van der Waals surface area contributed by atoms with E-state index >= 15 is 0 Å². The van der Waals surface area contributed by atoms with Crippen molar-refractivity contribution in [2.45, 2.75) is 6.92 Å². The highest BCUT2D eigenvalue weighted by Gasteiger charge is 2.03. The Labute approximate surface area is 80.5 Å². The van der Waals surface area contributed by atoms with Gasteiger partial charge in [0.15, 0.2) is 5.82 Å². The first-order valence-electron chi connectivity index (χ1n) is 4.06. The molecular weight excluding hydrogens is 188 g/mol.